The summed E-state index contributed by atoms with van der Waals surface area (Å²) in [5.41, 5.74) is 7.02. The zero-order valence-electron chi connectivity index (χ0n) is 7.94. The van der Waals surface area contributed by atoms with Crippen molar-refractivity contribution in [3.63, 3.8) is 0 Å². The first-order valence-corrected chi connectivity index (χ1v) is 4.71. The highest BCUT2D eigenvalue weighted by molar-refractivity contribution is 6.30. The molecule has 0 unspecified atom stereocenters. The van der Waals surface area contributed by atoms with Gasteiger partial charge in [0, 0.05) is 5.02 Å². The van der Waals surface area contributed by atoms with Crippen molar-refractivity contribution in [2.24, 2.45) is 15.9 Å². The third-order valence-corrected chi connectivity index (χ3v) is 2.01. The number of hydrogen-bond acceptors (Lipinski definition) is 2. The number of nitrogens with two attached hydrogens (primary N) is 1. The van der Waals surface area contributed by atoms with Crippen LogP contribution in [0.2, 0.25) is 5.02 Å². The molecule has 0 saturated heterocycles. The van der Waals surface area contributed by atoms with E-state index in [4.69, 9.17) is 17.3 Å². The van der Waals surface area contributed by atoms with Gasteiger partial charge >= 0.3 is 0 Å². The number of nitrogens with zero attached hydrogens (tertiary/aromatic N) is 2. The zero-order valence-corrected chi connectivity index (χ0v) is 8.70. The summed E-state index contributed by atoms with van der Waals surface area (Å²) >= 11 is 5.77. The topological polar surface area (TPSA) is 50.7 Å². The lowest BCUT2D eigenvalue weighted by Gasteiger charge is -2.01. The minimum absolute atomic E-state index is 0.714. The maximum atomic E-state index is 5.77. The van der Waals surface area contributed by atoms with E-state index in [9.17, 15) is 0 Å². The largest absolute Gasteiger partial charge is 0.388 e. The lowest BCUT2D eigenvalue weighted by molar-refractivity contribution is 1.17. The van der Waals surface area contributed by atoms with Crippen LogP contribution in [0, 0.1) is 0 Å². The van der Waals surface area contributed by atoms with Gasteiger partial charge in [-0.05, 0) is 24.1 Å². The highest BCUT2D eigenvalue weighted by Gasteiger charge is 1.99. The van der Waals surface area contributed by atoms with Crippen molar-refractivity contribution in [1.82, 2.24) is 0 Å². The highest BCUT2D eigenvalue weighted by atomic mass is 35.5. The van der Waals surface area contributed by atoms with Crippen molar-refractivity contribution in [3.8, 4) is 0 Å². The Labute approximate surface area is 88.3 Å². The van der Waals surface area contributed by atoms with Crippen molar-refractivity contribution in [2.75, 3.05) is 0 Å². The first kappa shape index (κ1) is 10.7. The molecule has 0 radical (unpaired) electrons. The zero-order chi connectivity index (χ0) is 10.4. The molecule has 1 aromatic rings. The average molecular weight is 210 g/mol. The molecule has 0 heterocycles. The van der Waals surface area contributed by atoms with E-state index in [0.717, 1.165) is 17.7 Å². The molecule has 2 N–H and O–H groups in total. The molecule has 4 heteroatoms. The Balaban J connectivity index is 2.95. The van der Waals surface area contributed by atoms with Crippen LogP contribution in [0.1, 0.15) is 18.9 Å². The second kappa shape index (κ2) is 5.40. The van der Waals surface area contributed by atoms with Gasteiger partial charge in [0.25, 0.3) is 0 Å². The summed E-state index contributed by atoms with van der Waals surface area (Å²) in [5, 5.41) is 8.34. The van der Waals surface area contributed by atoms with Crippen LogP contribution in [0.15, 0.2) is 34.5 Å². The van der Waals surface area contributed by atoms with Crippen LogP contribution < -0.4 is 5.73 Å². The number of benzene rings is 1. The molecule has 0 fully saturated rings. The summed E-state index contributed by atoms with van der Waals surface area (Å²) < 4.78 is 0. The fourth-order valence-electron chi connectivity index (χ4n) is 1.08. The van der Waals surface area contributed by atoms with Crippen LogP contribution in [-0.4, -0.2) is 12.1 Å². The molecule has 0 aromatic heterocycles. The van der Waals surface area contributed by atoms with Gasteiger partial charge in [-0.15, -0.1) is 5.10 Å². The van der Waals surface area contributed by atoms with Crippen molar-refractivity contribution in [1.29, 1.82) is 0 Å². The molecule has 0 saturated carbocycles. The molecular weight excluding hydrogens is 198 g/mol. The van der Waals surface area contributed by atoms with Crippen LogP contribution in [0.5, 0.6) is 0 Å². The third kappa shape index (κ3) is 2.85. The summed E-state index contributed by atoms with van der Waals surface area (Å²) in [7, 11) is 0. The van der Waals surface area contributed by atoms with E-state index in [1.807, 2.05) is 31.2 Å². The van der Waals surface area contributed by atoms with Gasteiger partial charge in [0.05, 0.1) is 5.71 Å². The molecule has 3 nitrogen and oxygen atoms in total. The SMILES string of the molecule is CC/C(=N\N=C/N)c1ccc(Cl)cc1. The quantitative estimate of drug-likeness (QED) is 0.464. The van der Waals surface area contributed by atoms with E-state index in [0.29, 0.717) is 5.02 Å². The molecule has 0 aliphatic rings. The van der Waals surface area contributed by atoms with Gasteiger partial charge in [0.1, 0.15) is 6.34 Å². The predicted octanol–water partition coefficient (Wildman–Crippen LogP) is 2.44. The van der Waals surface area contributed by atoms with Crippen molar-refractivity contribution in [2.45, 2.75) is 13.3 Å². The monoisotopic (exact) mass is 209 g/mol. The summed E-state index contributed by atoms with van der Waals surface area (Å²) in [6.45, 7) is 2.01. The normalized spacial score (nSPS) is 12.3. The summed E-state index contributed by atoms with van der Waals surface area (Å²) in [6, 6.07) is 7.48. The molecule has 0 spiro atoms. The molecule has 1 aromatic carbocycles. The minimum Gasteiger partial charge on any atom is -0.388 e. The van der Waals surface area contributed by atoms with Crippen molar-refractivity contribution in [3.05, 3.63) is 34.9 Å². The van der Waals surface area contributed by atoms with Crippen LogP contribution in [0.25, 0.3) is 0 Å². The fraction of sp³-hybridized carbons (Fsp3) is 0.200. The molecule has 14 heavy (non-hydrogen) atoms. The van der Waals surface area contributed by atoms with E-state index in [1.54, 1.807) is 0 Å². The molecule has 0 bridgehead atoms. The predicted molar refractivity (Wildman–Crippen MR) is 61.0 cm³/mol. The van der Waals surface area contributed by atoms with Crippen LogP contribution in [0.4, 0.5) is 0 Å². The lowest BCUT2D eigenvalue weighted by atomic mass is 10.1. The van der Waals surface area contributed by atoms with Crippen LogP contribution in [-0.2, 0) is 0 Å². The van der Waals surface area contributed by atoms with E-state index in [1.165, 1.54) is 6.34 Å². The molecule has 0 aliphatic heterocycles. The number of halogens is 1. The Kier molecular flexibility index (Phi) is 4.13. The van der Waals surface area contributed by atoms with Crippen LogP contribution >= 0.6 is 11.6 Å². The van der Waals surface area contributed by atoms with Crippen molar-refractivity contribution >= 4 is 23.7 Å². The summed E-state index contributed by atoms with van der Waals surface area (Å²) in [4.78, 5) is 0. The Bertz CT molecular complexity index is 341. The van der Waals surface area contributed by atoms with E-state index in [-0.39, 0.29) is 0 Å². The Morgan fingerprint density at radius 3 is 2.57 bits per heavy atom. The Hall–Kier alpha value is -1.35. The maximum absolute atomic E-state index is 5.77. The maximum Gasteiger partial charge on any atom is 0.108 e. The second-order valence-electron chi connectivity index (χ2n) is 2.67. The molecule has 74 valence electrons. The fourth-order valence-corrected chi connectivity index (χ4v) is 1.20. The minimum atomic E-state index is 0.714. The molecule has 0 amide bonds. The highest BCUT2D eigenvalue weighted by Crippen LogP contribution is 2.11. The van der Waals surface area contributed by atoms with Gasteiger partial charge in [0.2, 0.25) is 0 Å². The first-order valence-electron chi connectivity index (χ1n) is 4.34. The van der Waals surface area contributed by atoms with Gasteiger partial charge < -0.3 is 5.73 Å². The third-order valence-electron chi connectivity index (χ3n) is 1.76. The number of hydrogen-bond donors (Lipinski definition) is 1. The average Bonchev–Trinajstić information content (AvgIpc) is 2.21. The van der Waals surface area contributed by atoms with Crippen molar-refractivity contribution < 1.29 is 0 Å². The molecular formula is C10H12ClN3. The standard InChI is InChI=1S/C10H12ClN3/c1-2-10(14-13-7-12)8-3-5-9(11)6-4-8/h3-7H,2H2,1H3,(H2,12,13)/b14-10+. The van der Waals surface area contributed by atoms with Gasteiger partial charge in [-0.3, -0.25) is 0 Å². The van der Waals surface area contributed by atoms with Gasteiger partial charge in [-0.1, -0.05) is 30.7 Å². The van der Waals surface area contributed by atoms with E-state index in [2.05, 4.69) is 10.2 Å². The summed E-state index contributed by atoms with van der Waals surface area (Å²) in [6.07, 6.45) is 1.98. The Morgan fingerprint density at radius 2 is 2.07 bits per heavy atom. The number of rotatable bonds is 3. The first-order chi connectivity index (χ1) is 6.77. The molecule has 0 aliphatic carbocycles. The van der Waals surface area contributed by atoms with E-state index >= 15 is 0 Å². The van der Waals surface area contributed by atoms with Gasteiger partial charge in [-0.2, -0.15) is 5.10 Å². The summed E-state index contributed by atoms with van der Waals surface area (Å²) in [5.74, 6) is 0. The molecule has 0 atom stereocenters. The second-order valence-corrected chi connectivity index (χ2v) is 3.11. The Morgan fingerprint density at radius 1 is 1.43 bits per heavy atom. The van der Waals surface area contributed by atoms with Crippen LogP contribution in [0.3, 0.4) is 0 Å². The van der Waals surface area contributed by atoms with Gasteiger partial charge in [0.15, 0.2) is 0 Å². The lowest BCUT2D eigenvalue weighted by Crippen LogP contribution is -1.98. The smallest absolute Gasteiger partial charge is 0.108 e. The molecule has 1 rings (SSSR count). The van der Waals surface area contributed by atoms with Gasteiger partial charge in [-0.25, -0.2) is 0 Å². The van der Waals surface area contributed by atoms with E-state index < -0.39 is 0 Å².